The molecular formula is C13H19N3O3S. The summed E-state index contributed by atoms with van der Waals surface area (Å²) in [4.78, 5) is 22.2. The molecule has 7 heteroatoms. The molecule has 0 radical (unpaired) electrons. The van der Waals surface area contributed by atoms with Gasteiger partial charge in [-0.2, -0.15) is 11.8 Å². The van der Waals surface area contributed by atoms with Gasteiger partial charge in [0.15, 0.2) is 0 Å². The average molecular weight is 297 g/mol. The lowest BCUT2D eigenvalue weighted by Gasteiger charge is -2.15. The highest BCUT2D eigenvalue weighted by Gasteiger charge is 2.17. The second-order valence-electron chi connectivity index (χ2n) is 4.27. The number of nitrogens with zero attached hydrogens (tertiary/aromatic N) is 1. The molecule has 2 N–H and O–H groups in total. The van der Waals surface area contributed by atoms with Crippen LogP contribution in [0.25, 0.3) is 0 Å². The van der Waals surface area contributed by atoms with E-state index >= 15 is 0 Å². The third-order valence-corrected chi connectivity index (χ3v) is 3.80. The van der Waals surface area contributed by atoms with Gasteiger partial charge in [-0.05, 0) is 24.8 Å². The maximum Gasteiger partial charge on any atom is 0.292 e. The van der Waals surface area contributed by atoms with Crippen molar-refractivity contribution in [2.24, 2.45) is 0 Å². The molecule has 1 aromatic rings. The van der Waals surface area contributed by atoms with Gasteiger partial charge in [0.25, 0.3) is 11.6 Å². The van der Waals surface area contributed by atoms with Crippen LogP contribution in [0, 0.1) is 10.1 Å². The molecule has 0 aliphatic carbocycles. The summed E-state index contributed by atoms with van der Waals surface area (Å²) in [6.07, 6.45) is 0. The summed E-state index contributed by atoms with van der Waals surface area (Å²) in [5.41, 5.74) is 0.752. The van der Waals surface area contributed by atoms with Crippen LogP contribution in [-0.2, 0) is 0 Å². The molecule has 0 bridgehead atoms. The van der Waals surface area contributed by atoms with Gasteiger partial charge in [0.05, 0.1) is 4.92 Å². The van der Waals surface area contributed by atoms with E-state index in [0.717, 1.165) is 11.5 Å². The molecule has 1 atom stereocenters. The molecule has 0 fully saturated rings. The molecule has 20 heavy (non-hydrogen) atoms. The minimum absolute atomic E-state index is 0.0222. The second kappa shape index (κ2) is 7.74. The van der Waals surface area contributed by atoms with Crippen molar-refractivity contribution >= 4 is 29.0 Å². The standard InChI is InChI=1S/C13H19N3O3S/c1-4-20-8-9(2)15-11-7-10(13(17)14-3)5-6-12(11)16(18)19/h5-7,9,15H,4,8H2,1-3H3,(H,14,17). The van der Waals surface area contributed by atoms with E-state index in [2.05, 4.69) is 17.6 Å². The van der Waals surface area contributed by atoms with E-state index in [1.54, 1.807) is 11.8 Å². The van der Waals surface area contributed by atoms with Gasteiger partial charge in [0.1, 0.15) is 5.69 Å². The number of benzene rings is 1. The van der Waals surface area contributed by atoms with Crippen molar-refractivity contribution in [3.63, 3.8) is 0 Å². The second-order valence-corrected chi connectivity index (χ2v) is 5.59. The van der Waals surface area contributed by atoms with E-state index in [9.17, 15) is 14.9 Å². The molecule has 0 saturated heterocycles. The zero-order valence-corrected chi connectivity index (χ0v) is 12.6. The molecule has 1 unspecified atom stereocenters. The Labute approximate surface area is 122 Å². The third kappa shape index (κ3) is 4.41. The molecule has 0 aromatic heterocycles. The quantitative estimate of drug-likeness (QED) is 0.596. The molecule has 6 nitrogen and oxygen atoms in total. The summed E-state index contributed by atoms with van der Waals surface area (Å²) in [5, 5.41) is 16.6. The Morgan fingerprint density at radius 3 is 2.75 bits per heavy atom. The van der Waals surface area contributed by atoms with Gasteiger partial charge in [-0.3, -0.25) is 14.9 Å². The largest absolute Gasteiger partial charge is 0.376 e. The predicted molar refractivity (Wildman–Crippen MR) is 82.6 cm³/mol. The summed E-state index contributed by atoms with van der Waals surface area (Å²) in [5.74, 6) is 1.57. The number of hydrogen-bond acceptors (Lipinski definition) is 5. The van der Waals surface area contributed by atoms with Crippen molar-refractivity contribution in [1.29, 1.82) is 0 Å². The maximum atomic E-state index is 11.6. The average Bonchev–Trinajstić information content (AvgIpc) is 2.43. The first kappa shape index (κ1) is 16.3. The first-order chi connectivity index (χ1) is 9.49. The van der Waals surface area contributed by atoms with Crippen LogP contribution in [0.4, 0.5) is 11.4 Å². The fraction of sp³-hybridized carbons (Fsp3) is 0.462. The minimum Gasteiger partial charge on any atom is -0.376 e. The fourth-order valence-corrected chi connectivity index (χ4v) is 2.37. The molecule has 1 rings (SSSR count). The molecule has 0 aliphatic rings. The Bertz CT molecular complexity index is 494. The smallest absolute Gasteiger partial charge is 0.292 e. The zero-order chi connectivity index (χ0) is 15.1. The van der Waals surface area contributed by atoms with Gasteiger partial charge < -0.3 is 10.6 Å². The van der Waals surface area contributed by atoms with Crippen LogP contribution in [0.2, 0.25) is 0 Å². The first-order valence-corrected chi connectivity index (χ1v) is 7.49. The number of carbonyl (C=O) groups excluding carboxylic acids is 1. The summed E-state index contributed by atoms with van der Waals surface area (Å²) in [7, 11) is 1.53. The summed E-state index contributed by atoms with van der Waals surface area (Å²) in [6.45, 7) is 4.02. The molecule has 0 saturated carbocycles. The number of nitrogens with one attached hydrogen (secondary N) is 2. The molecule has 0 spiro atoms. The van der Waals surface area contributed by atoms with Crippen molar-refractivity contribution in [3.05, 3.63) is 33.9 Å². The number of anilines is 1. The van der Waals surface area contributed by atoms with Crippen molar-refractivity contribution in [2.75, 3.05) is 23.9 Å². The number of nitro groups is 1. The first-order valence-electron chi connectivity index (χ1n) is 6.34. The lowest BCUT2D eigenvalue weighted by Crippen LogP contribution is -2.21. The Balaban J connectivity index is 2.99. The Morgan fingerprint density at radius 1 is 1.50 bits per heavy atom. The lowest BCUT2D eigenvalue weighted by molar-refractivity contribution is -0.384. The van der Waals surface area contributed by atoms with E-state index < -0.39 is 4.92 Å². The summed E-state index contributed by atoms with van der Waals surface area (Å²) >= 11 is 1.75. The van der Waals surface area contributed by atoms with Crippen LogP contribution in [0.5, 0.6) is 0 Å². The topological polar surface area (TPSA) is 84.3 Å². The monoisotopic (exact) mass is 297 g/mol. The van der Waals surface area contributed by atoms with Gasteiger partial charge in [0.2, 0.25) is 0 Å². The number of amides is 1. The van der Waals surface area contributed by atoms with Crippen molar-refractivity contribution < 1.29 is 9.72 Å². The normalized spacial score (nSPS) is 11.8. The highest BCUT2D eigenvalue weighted by atomic mass is 32.2. The molecule has 0 aliphatic heterocycles. The van der Waals surface area contributed by atoms with Crippen LogP contribution in [0.3, 0.4) is 0 Å². The summed E-state index contributed by atoms with van der Waals surface area (Å²) in [6, 6.07) is 4.41. The minimum atomic E-state index is -0.449. The summed E-state index contributed by atoms with van der Waals surface area (Å²) < 4.78 is 0. The van der Waals surface area contributed by atoms with Crippen LogP contribution < -0.4 is 10.6 Å². The van der Waals surface area contributed by atoms with Crippen LogP contribution >= 0.6 is 11.8 Å². The van der Waals surface area contributed by atoms with Gasteiger partial charge in [0, 0.05) is 30.5 Å². The molecule has 1 amide bonds. The predicted octanol–water partition coefficient (Wildman–Crippen LogP) is 2.51. The lowest BCUT2D eigenvalue weighted by atomic mass is 10.1. The number of carbonyl (C=O) groups is 1. The highest BCUT2D eigenvalue weighted by molar-refractivity contribution is 7.99. The van der Waals surface area contributed by atoms with Gasteiger partial charge in [-0.1, -0.05) is 6.92 Å². The van der Waals surface area contributed by atoms with Crippen molar-refractivity contribution in [1.82, 2.24) is 5.32 Å². The maximum absolute atomic E-state index is 11.6. The number of hydrogen-bond donors (Lipinski definition) is 2. The molecule has 0 heterocycles. The van der Waals surface area contributed by atoms with E-state index in [-0.39, 0.29) is 17.6 Å². The number of rotatable bonds is 7. The fourth-order valence-electron chi connectivity index (χ4n) is 1.70. The zero-order valence-electron chi connectivity index (χ0n) is 11.8. The van der Waals surface area contributed by atoms with Gasteiger partial charge >= 0.3 is 0 Å². The number of nitro benzene ring substituents is 1. The molecule has 110 valence electrons. The van der Waals surface area contributed by atoms with E-state index in [0.29, 0.717) is 11.3 Å². The molecular weight excluding hydrogens is 278 g/mol. The van der Waals surface area contributed by atoms with Crippen LogP contribution in [0.1, 0.15) is 24.2 Å². The Hall–Kier alpha value is -1.76. The van der Waals surface area contributed by atoms with Gasteiger partial charge in [-0.15, -0.1) is 0 Å². The Kier molecular flexibility index (Phi) is 6.30. The van der Waals surface area contributed by atoms with Crippen LogP contribution in [-0.4, -0.2) is 35.4 Å². The Morgan fingerprint density at radius 2 is 2.20 bits per heavy atom. The van der Waals surface area contributed by atoms with E-state index in [4.69, 9.17) is 0 Å². The van der Waals surface area contributed by atoms with Crippen molar-refractivity contribution in [2.45, 2.75) is 19.9 Å². The van der Waals surface area contributed by atoms with Crippen molar-refractivity contribution in [3.8, 4) is 0 Å². The highest BCUT2D eigenvalue weighted by Crippen LogP contribution is 2.26. The van der Waals surface area contributed by atoms with E-state index in [1.165, 1.54) is 25.2 Å². The SMILES string of the molecule is CCSCC(C)Nc1cc(C(=O)NC)ccc1[N+](=O)[O-]. The van der Waals surface area contributed by atoms with E-state index in [1.807, 2.05) is 6.92 Å². The van der Waals surface area contributed by atoms with Gasteiger partial charge in [-0.25, -0.2) is 0 Å². The third-order valence-electron chi connectivity index (χ3n) is 2.66. The number of thioether (sulfide) groups is 1. The molecule has 1 aromatic carbocycles. The van der Waals surface area contributed by atoms with Crippen LogP contribution in [0.15, 0.2) is 18.2 Å².